The van der Waals surface area contributed by atoms with Gasteiger partial charge in [-0.05, 0) is 19.8 Å². The lowest BCUT2D eigenvalue weighted by Crippen LogP contribution is -2.60. The van der Waals surface area contributed by atoms with E-state index in [1.54, 1.807) is 0 Å². The number of aromatic amines is 1. The van der Waals surface area contributed by atoms with Crippen LogP contribution < -0.4 is 27.4 Å². The standard InChI is InChI=1S/C20H31N7O9/c1-9(28)16(19(34)26-13(20(35)36)6-10-7-23-8-24-10)27-18(33)12(3-4-14(22)29)25-17(32)11(21)2-5-15(30)31/h7-9,11-13,16,28H,2-6,21H2,1H3,(H2,22,29)(H,23,24)(H,25,32)(H,26,34)(H,27,33)(H,30,31)(H,35,36). The topological polar surface area (TPSA) is 280 Å². The number of amides is 4. The molecule has 36 heavy (non-hydrogen) atoms. The number of aliphatic hydroxyl groups is 1. The van der Waals surface area contributed by atoms with Gasteiger partial charge in [-0.1, -0.05) is 0 Å². The summed E-state index contributed by atoms with van der Waals surface area (Å²) in [7, 11) is 0. The van der Waals surface area contributed by atoms with Gasteiger partial charge in [-0.15, -0.1) is 0 Å². The Kier molecular flexibility index (Phi) is 12.0. The lowest BCUT2D eigenvalue weighted by atomic mass is 10.1. The number of H-pyrrole nitrogens is 1. The summed E-state index contributed by atoms with van der Waals surface area (Å²) in [5, 5.41) is 34.9. The molecule has 5 atom stereocenters. The molecule has 1 aromatic heterocycles. The van der Waals surface area contributed by atoms with Crippen molar-refractivity contribution in [3.05, 3.63) is 18.2 Å². The first kappa shape index (κ1) is 30.0. The van der Waals surface area contributed by atoms with Crippen LogP contribution in [0.3, 0.4) is 0 Å². The van der Waals surface area contributed by atoms with Crippen LogP contribution in [-0.2, 0) is 35.2 Å². The molecule has 200 valence electrons. The van der Waals surface area contributed by atoms with Crippen molar-refractivity contribution < 1.29 is 44.1 Å². The zero-order chi connectivity index (χ0) is 27.4. The Bertz CT molecular complexity index is 936. The van der Waals surface area contributed by atoms with Crippen LogP contribution in [0.25, 0.3) is 0 Å². The normalized spacial score (nSPS) is 15.0. The number of carbonyl (C=O) groups is 6. The lowest BCUT2D eigenvalue weighted by molar-refractivity contribution is -0.143. The second kappa shape index (κ2) is 14.4. The van der Waals surface area contributed by atoms with E-state index in [1.807, 2.05) is 0 Å². The molecule has 0 fully saturated rings. The zero-order valence-electron chi connectivity index (χ0n) is 19.5. The van der Waals surface area contributed by atoms with Gasteiger partial charge >= 0.3 is 11.9 Å². The van der Waals surface area contributed by atoms with Crippen molar-refractivity contribution in [2.24, 2.45) is 11.5 Å². The highest BCUT2D eigenvalue weighted by atomic mass is 16.4. The highest BCUT2D eigenvalue weighted by Gasteiger charge is 2.33. The number of aliphatic hydroxyl groups excluding tert-OH is 1. The van der Waals surface area contributed by atoms with E-state index >= 15 is 0 Å². The fourth-order valence-corrected chi connectivity index (χ4v) is 2.98. The molecule has 0 radical (unpaired) electrons. The SMILES string of the molecule is CC(O)C(NC(=O)C(CCC(N)=O)NC(=O)C(N)CCC(=O)O)C(=O)NC(Cc1cnc[nH]1)C(=O)O. The predicted octanol–water partition coefficient (Wildman–Crippen LogP) is -3.67. The Hall–Kier alpha value is -4.05. The summed E-state index contributed by atoms with van der Waals surface area (Å²) in [6, 6.07) is -5.75. The van der Waals surface area contributed by atoms with Crippen LogP contribution in [0.1, 0.15) is 38.3 Å². The second-order valence-corrected chi connectivity index (χ2v) is 8.01. The summed E-state index contributed by atoms with van der Waals surface area (Å²) in [5.41, 5.74) is 11.2. The minimum Gasteiger partial charge on any atom is -0.481 e. The molecule has 0 spiro atoms. The molecular weight excluding hydrogens is 482 g/mol. The minimum absolute atomic E-state index is 0.160. The van der Waals surface area contributed by atoms with Gasteiger partial charge in [0.1, 0.15) is 18.1 Å². The van der Waals surface area contributed by atoms with Crippen molar-refractivity contribution >= 4 is 35.6 Å². The van der Waals surface area contributed by atoms with Crippen LogP contribution >= 0.6 is 0 Å². The van der Waals surface area contributed by atoms with Crippen molar-refractivity contribution in [2.75, 3.05) is 0 Å². The quantitative estimate of drug-likeness (QED) is 0.104. The average molecular weight is 514 g/mol. The van der Waals surface area contributed by atoms with E-state index in [0.717, 1.165) is 0 Å². The molecule has 1 heterocycles. The number of hydrogen-bond acceptors (Lipinski definition) is 9. The van der Waals surface area contributed by atoms with Crippen LogP contribution in [0.4, 0.5) is 0 Å². The number of aromatic nitrogens is 2. The number of rotatable bonds is 16. The van der Waals surface area contributed by atoms with Crippen molar-refractivity contribution in [3.63, 3.8) is 0 Å². The molecule has 0 aromatic carbocycles. The maximum atomic E-state index is 12.8. The van der Waals surface area contributed by atoms with Gasteiger partial charge in [0.25, 0.3) is 0 Å². The first-order valence-corrected chi connectivity index (χ1v) is 10.9. The van der Waals surface area contributed by atoms with E-state index in [1.165, 1.54) is 19.4 Å². The van der Waals surface area contributed by atoms with Crippen molar-refractivity contribution in [1.82, 2.24) is 25.9 Å². The van der Waals surface area contributed by atoms with E-state index in [9.17, 15) is 39.0 Å². The monoisotopic (exact) mass is 513 g/mol. The van der Waals surface area contributed by atoms with E-state index in [0.29, 0.717) is 5.69 Å². The Labute approximate surface area is 205 Å². The highest BCUT2D eigenvalue weighted by molar-refractivity contribution is 5.94. The molecule has 0 aliphatic rings. The maximum absolute atomic E-state index is 12.8. The van der Waals surface area contributed by atoms with Gasteiger partial charge in [-0.3, -0.25) is 24.0 Å². The third-order valence-electron chi connectivity index (χ3n) is 4.97. The third-order valence-corrected chi connectivity index (χ3v) is 4.97. The van der Waals surface area contributed by atoms with E-state index in [2.05, 4.69) is 25.9 Å². The van der Waals surface area contributed by atoms with Gasteiger partial charge in [0.05, 0.1) is 18.5 Å². The molecule has 0 bridgehead atoms. The van der Waals surface area contributed by atoms with E-state index in [-0.39, 0.29) is 25.7 Å². The smallest absolute Gasteiger partial charge is 0.326 e. The number of nitrogens with zero attached hydrogens (tertiary/aromatic N) is 1. The number of carbonyl (C=O) groups excluding carboxylic acids is 4. The number of nitrogens with one attached hydrogen (secondary N) is 4. The summed E-state index contributed by atoms with van der Waals surface area (Å²) in [6.07, 6.45) is -0.207. The molecule has 1 aromatic rings. The molecule has 5 unspecified atom stereocenters. The molecule has 0 saturated carbocycles. The molecule has 11 N–H and O–H groups in total. The van der Waals surface area contributed by atoms with Crippen LogP contribution in [0.2, 0.25) is 0 Å². The number of primary amides is 1. The van der Waals surface area contributed by atoms with Crippen LogP contribution in [-0.4, -0.2) is 91.1 Å². The predicted molar refractivity (Wildman–Crippen MR) is 121 cm³/mol. The molecular formula is C20H31N7O9. The molecule has 0 aliphatic heterocycles. The second-order valence-electron chi connectivity index (χ2n) is 8.01. The summed E-state index contributed by atoms with van der Waals surface area (Å²) < 4.78 is 0. The zero-order valence-corrected chi connectivity index (χ0v) is 19.5. The molecule has 16 nitrogen and oxygen atoms in total. The Morgan fingerprint density at radius 1 is 0.972 bits per heavy atom. The molecule has 16 heteroatoms. The van der Waals surface area contributed by atoms with Crippen LogP contribution in [0, 0.1) is 0 Å². The van der Waals surface area contributed by atoms with E-state index in [4.69, 9.17) is 16.6 Å². The summed E-state index contributed by atoms with van der Waals surface area (Å²) in [5.74, 6) is -6.25. The van der Waals surface area contributed by atoms with Gasteiger partial charge in [0.15, 0.2) is 0 Å². The van der Waals surface area contributed by atoms with Gasteiger partial charge in [-0.2, -0.15) is 0 Å². The minimum atomic E-state index is -1.63. The summed E-state index contributed by atoms with van der Waals surface area (Å²) in [4.78, 5) is 77.8. The van der Waals surface area contributed by atoms with Crippen LogP contribution in [0.5, 0.6) is 0 Å². The van der Waals surface area contributed by atoms with Crippen LogP contribution in [0.15, 0.2) is 12.5 Å². The van der Waals surface area contributed by atoms with E-state index < -0.39 is 72.3 Å². The number of carboxylic acids is 2. The Morgan fingerprint density at radius 3 is 2.11 bits per heavy atom. The Morgan fingerprint density at radius 2 is 1.61 bits per heavy atom. The molecule has 0 saturated heterocycles. The first-order chi connectivity index (χ1) is 16.8. The Balaban J connectivity index is 2.94. The number of carboxylic acid groups (broad SMARTS) is 2. The average Bonchev–Trinajstić information content (AvgIpc) is 3.30. The van der Waals surface area contributed by atoms with Gasteiger partial charge in [0.2, 0.25) is 23.6 Å². The fourth-order valence-electron chi connectivity index (χ4n) is 2.98. The number of nitrogens with two attached hydrogens (primary N) is 2. The number of aliphatic carboxylic acids is 2. The van der Waals surface area contributed by atoms with Gasteiger partial charge < -0.3 is 47.7 Å². The third kappa shape index (κ3) is 10.5. The lowest BCUT2D eigenvalue weighted by Gasteiger charge is -2.26. The molecule has 1 rings (SSSR count). The summed E-state index contributed by atoms with van der Waals surface area (Å²) in [6.45, 7) is 1.17. The first-order valence-electron chi connectivity index (χ1n) is 10.9. The van der Waals surface area contributed by atoms with Crippen molar-refractivity contribution in [3.8, 4) is 0 Å². The number of imidazole rings is 1. The fraction of sp³-hybridized carbons (Fsp3) is 0.550. The van der Waals surface area contributed by atoms with Crippen molar-refractivity contribution in [2.45, 2.75) is 69.3 Å². The largest absolute Gasteiger partial charge is 0.481 e. The number of hydrogen-bond donors (Lipinski definition) is 9. The van der Waals surface area contributed by atoms with Gasteiger partial charge in [-0.25, -0.2) is 9.78 Å². The summed E-state index contributed by atoms with van der Waals surface area (Å²) >= 11 is 0. The molecule has 4 amide bonds. The maximum Gasteiger partial charge on any atom is 0.326 e. The van der Waals surface area contributed by atoms with Gasteiger partial charge in [0, 0.05) is 31.2 Å². The molecule has 0 aliphatic carbocycles. The van der Waals surface area contributed by atoms with Crippen molar-refractivity contribution in [1.29, 1.82) is 0 Å². The highest BCUT2D eigenvalue weighted by Crippen LogP contribution is 2.05.